The molecular weight excluding hydrogens is 432 g/mol. The number of hydrogen-bond acceptors (Lipinski definition) is 6. The summed E-state index contributed by atoms with van der Waals surface area (Å²) in [6.07, 6.45) is 1.44. The number of esters is 1. The maximum atomic E-state index is 12.3. The van der Waals surface area contributed by atoms with Crippen molar-refractivity contribution in [2.45, 2.75) is 6.92 Å². The lowest BCUT2D eigenvalue weighted by molar-refractivity contribution is -0.123. The van der Waals surface area contributed by atoms with Gasteiger partial charge < -0.3 is 14.2 Å². The molecule has 0 heterocycles. The minimum absolute atomic E-state index is 0.163. The maximum absolute atomic E-state index is 12.3. The molecule has 1 N–H and O–H groups in total. The van der Waals surface area contributed by atoms with Gasteiger partial charge >= 0.3 is 5.97 Å². The van der Waals surface area contributed by atoms with Gasteiger partial charge in [0.15, 0.2) is 18.1 Å². The third kappa shape index (κ3) is 6.58. The van der Waals surface area contributed by atoms with Gasteiger partial charge in [-0.2, -0.15) is 5.10 Å². The molecule has 0 saturated heterocycles. The molecule has 3 aromatic rings. The van der Waals surface area contributed by atoms with Crippen LogP contribution in [0.15, 0.2) is 71.8 Å². The predicted octanol–water partition coefficient (Wildman–Crippen LogP) is 4.41. The fraction of sp³-hybridized carbons (Fsp3) is 0.125. The molecule has 0 spiro atoms. The van der Waals surface area contributed by atoms with E-state index in [0.29, 0.717) is 27.6 Å². The van der Waals surface area contributed by atoms with E-state index >= 15 is 0 Å². The lowest BCUT2D eigenvalue weighted by Gasteiger charge is -2.10. The van der Waals surface area contributed by atoms with E-state index in [-0.39, 0.29) is 12.4 Å². The first-order valence-corrected chi connectivity index (χ1v) is 9.99. The predicted molar refractivity (Wildman–Crippen MR) is 122 cm³/mol. The summed E-state index contributed by atoms with van der Waals surface area (Å²) in [5.74, 6) is 0.248. The summed E-state index contributed by atoms with van der Waals surface area (Å²) in [6, 6.07) is 18.6. The Morgan fingerprint density at radius 1 is 1.00 bits per heavy atom. The van der Waals surface area contributed by atoms with Crippen LogP contribution in [0.2, 0.25) is 5.02 Å². The molecule has 32 heavy (non-hydrogen) atoms. The van der Waals surface area contributed by atoms with Crippen molar-refractivity contribution in [3.05, 3.63) is 88.4 Å². The second kappa shape index (κ2) is 11.0. The van der Waals surface area contributed by atoms with Crippen molar-refractivity contribution >= 4 is 29.7 Å². The summed E-state index contributed by atoms with van der Waals surface area (Å²) in [4.78, 5) is 24.2. The summed E-state index contributed by atoms with van der Waals surface area (Å²) >= 11 is 5.84. The minimum Gasteiger partial charge on any atom is -0.493 e. The molecule has 8 heteroatoms. The van der Waals surface area contributed by atoms with E-state index in [9.17, 15) is 9.59 Å². The van der Waals surface area contributed by atoms with E-state index in [1.54, 1.807) is 54.6 Å². The van der Waals surface area contributed by atoms with Crippen molar-refractivity contribution in [2.75, 3.05) is 13.7 Å². The third-order valence-corrected chi connectivity index (χ3v) is 4.52. The fourth-order valence-corrected chi connectivity index (χ4v) is 2.71. The number of nitrogens with one attached hydrogen (secondary N) is 1. The molecule has 164 valence electrons. The molecule has 7 nitrogen and oxygen atoms in total. The van der Waals surface area contributed by atoms with Crippen LogP contribution in [0, 0.1) is 6.92 Å². The monoisotopic (exact) mass is 452 g/mol. The molecule has 0 aromatic heterocycles. The summed E-state index contributed by atoms with van der Waals surface area (Å²) in [5, 5.41) is 4.43. The minimum atomic E-state index is -0.540. The highest BCUT2D eigenvalue weighted by Gasteiger charge is 2.13. The zero-order chi connectivity index (χ0) is 22.9. The molecule has 0 unspecified atom stereocenters. The Morgan fingerprint density at radius 3 is 2.41 bits per heavy atom. The second-order valence-corrected chi connectivity index (χ2v) is 7.14. The molecule has 0 aliphatic heterocycles. The van der Waals surface area contributed by atoms with Gasteiger partial charge in [-0.15, -0.1) is 0 Å². The van der Waals surface area contributed by atoms with E-state index in [0.717, 1.165) is 5.56 Å². The number of halogens is 1. The van der Waals surface area contributed by atoms with Gasteiger partial charge in [-0.05, 0) is 67.1 Å². The number of carbonyl (C=O) groups is 2. The highest BCUT2D eigenvalue weighted by molar-refractivity contribution is 6.30. The Kier molecular flexibility index (Phi) is 7.83. The van der Waals surface area contributed by atoms with Crippen molar-refractivity contribution in [2.24, 2.45) is 5.10 Å². The van der Waals surface area contributed by atoms with Crippen LogP contribution in [-0.2, 0) is 4.79 Å². The first-order chi connectivity index (χ1) is 15.4. The molecule has 3 rings (SSSR count). The molecular formula is C24H21ClN2O5. The van der Waals surface area contributed by atoms with Gasteiger partial charge in [0.2, 0.25) is 0 Å². The molecule has 3 aromatic carbocycles. The van der Waals surface area contributed by atoms with Gasteiger partial charge in [0.05, 0.1) is 18.9 Å². The molecule has 0 bridgehead atoms. The molecule has 0 atom stereocenters. The average molecular weight is 453 g/mol. The maximum Gasteiger partial charge on any atom is 0.343 e. The van der Waals surface area contributed by atoms with Crippen LogP contribution in [0.1, 0.15) is 21.5 Å². The number of hydrazone groups is 1. The summed E-state index contributed by atoms with van der Waals surface area (Å²) in [7, 11) is 1.46. The Labute approximate surface area is 190 Å². The van der Waals surface area contributed by atoms with Crippen molar-refractivity contribution < 1.29 is 23.8 Å². The summed E-state index contributed by atoms with van der Waals surface area (Å²) in [6.45, 7) is 1.81. The number of aryl methyl sites for hydroxylation is 1. The van der Waals surface area contributed by atoms with Gasteiger partial charge in [-0.1, -0.05) is 29.3 Å². The van der Waals surface area contributed by atoms with Gasteiger partial charge in [-0.3, -0.25) is 4.79 Å². The van der Waals surface area contributed by atoms with Gasteiger partial charge in [0, 0.05) is 5.02 Å². The van der Waals surface area contributed by atoms with Crippen LogP contribution < -0.4 is 19.6 Å². The van der Waals surface area contributed by atoms with Gasteiger partial charge in [0.1, 0.15) is 5.75 Å². The number of amides is 1. The van der Waals surface area contributed by atoms with Crippen molar-refractivity contribution in [3.63, 3.8) is 0 Å². The number of methoxy groups -OCH3 is 1. The topological polar surface area (TPSA) is 86.2 Å². The number of carbonyl (C=O) groups excluding carboxylic acids is 2. The van der Waals surface area contributed by atoms with Crippen LogP contribution in [0.3, 0.4) is 0 Å². The largest absolute Gasteiger partial charge is 0.493 e. The van der Waals surface area contributed by atoms with Gasteiger partial charge in [0.25, 0.3) is 5.91 Å². The Hall–Kier alpha value is -3.84. The number of nitrogens with zero attached hydrogens (tertiary/aromatic N) is 1. The number of ether oxygens (including phenoxy) is 3. The lowest BCUT2D eigenvalue weighted by Crippen LogP contribution is -2.24. The van der Waals surface area contributed by atoms with Crippen LogP contribution in [0.25, 0.3) is 0 Å². The highest BCUT2D eigenvalue weighted by atomic mass is 35.5. The van der Waals surface area contributed by atoms with Gasteiger partial charge in [-0.25, -0.2) is 10.2 Å². The first kappa shape index (κ1) is 22.8. The molecule has 0 fully saturated rings. The SMILES string of the molecule is COc1cc(C=NNC(=O)COc2ccc(C)cc2)ccc1OC(=O)c1ccc(Cl)cc1. The smallest absolute Gasteiger partial charge is 0.343 e. The van der Waals surface area contributed by atoms with Crippen LogP contribution in [0.5, 0.6) is 17.2 Å². The zero-order valence-corrected chi connectivity index (χ0v) is 18.3. The number of rotatable bonds is 8. The molecule has 1 amide bonds. The Morgan fingerprint density at radius 2 is 1.72 bits per heavy atom. The molecule has 0 aliphatic carbocycles. The Balaban J connectivity index is 1.55. The van der Waals surface area contributed by atoms with Crippen LogP contribution in [-0.4, -0.2) is 31.8 Å². The van der Waals surface area contributed by atoms with Crippen LogP contribution >= 0.6 is 11.6 Å². The molecule has 0 aliphatic rings. The van der Waals surface area contributed by atoms with E-state index in [4.69, 9.17) is 25.8 Å². The first-order valence-electron chi connectivity index (χ1n) is 9.62. The second-order valence-electron chi connectivity index (χ2n) is 6.70. The molecule has 0 saturated carbocycles. The van der Waals surface area contributed by atoms with E-state index in [1.165, 1.54) is 13.3 Å². The normalized spacial score (nSPS) is 10.6. The third-order valence-electron chi connectivity index (χ3n) is 4.26. The summed E-state index contributed by atoms with van der Waals surface area (Å²) < 4.78 is 16.1. The number of benzene rings is 3. The Bertz CT molecular complexity index is 1110. The quantitative estimate of drug-likeness (QED) is 0.237. The van der Waals surface area contributed by atoms with Crippen molar-refractivity contribution in [3.8, 4) is 17.2 Å². The zero-order valence-electron chi connectivity index (χ0n) is 17.5. The molecule has 0 radical (unpaired) electrons. The number of hydrogen-bond donors (Lipinski definition) is 1. The van der Waals surface area contributed by atoms with E-state index in [2.05, 4.69) is 10.5 Å². The van der Waals surface area contributed by atoms with E-state index < -0.39 is 11.9 Å². The standard InChI is InChI=1S/C24H21ClN2O5/c1-16-3-10-20(11-4-16)31-15-23(28)27-26-14-17-5-12-21(22(13-17)30-2)32-24(29)18-6-8-19(25)9-7-18/h3-14H,15H2,1-2H3,(H,27,28). The van der Waals surface area contributed by atoms with Crippen molar-refractivity contribution in [1.29, 1.82) is 0 Å². The average Bonchev–Trinajstić information content (AvgIpc) is 2.80. The summed E-state index contributed by atoms with van der Waals surface area (Å²) in [5.41, 5.74) is 4.49. The lowest BCUT2D eigenvalue weighted by atomic mass is 10.2. The van der Waals surface area contributed by atoms with Crippen molar-refractivity contribution in [1.82, 2.24) is 5.43 Å². The fourth-order valence-electron chi connectivity index (χ4n) is 2.59. The van der Waals surface area contributed by atoms with E-state index in [1.807, 2.05) is 19.1 Å². The van der Waals surface area contributed by atoms with Crippen LogP contribution in [0.4, 0.5) is 0 Å². The highest BCUT2D eigenvalue weighted by Crippen LogP contribution is 2.28.